The second-order valence-electron chi connectivity index (χ2n) is 8.03. The number of Topliss-reactive ketones (excluding diaryl/α,β-unsaturated/α-hetero) is 1. The molecule has 2 fully saturated rings. The largest absolute Gasteiger partial charge is 0.433 e. The van der Waals surface area contributed by atoms with Crippen LogP contribution in [0.15, 0.2) is 28.7 Å². The maximum Gasteiger partial charge on any atom is 0.433 e. The number of thioether (sulfide) groups is 1. The second-order valence-corrected chi connectivity index (χ2v) is 10.0. The number of carbonyl (C=O) groups is 1. The molecule has 3 unspecified atom stereocenters. The molecule has 0 aromatic carbocycles. The zero-order valence-corrected chi connectivity index (χ0v) is 16.8. The molecule has 0 radical (unpaired) electrons. The molecule has 144 valence electrons. The topological polar surface area (TPSA) is 42.9 Å². The van der Waals surface area contributed by atoms with E-state index in [0.717, 1.165) is 30.7 Å². The van der Waals surface area contributed by atoms with Crippen molar-refractivity contribution in [2.24, 2.45) is 16.7 Å². The Labute approximate surface area is 163 Å². The van der Waals surface area contributed by atoms with Crippen molar-refractivity contribution in [2.75, 3.05) is 0 Å². The highest BCUT2D eigenvalue weighted by atomic mass is 32.2. The molecule has 2 bridgehead atoms. The molecule has 3 atom stereocenters. The number of fused-ring (bicyclic) bond motifs is 2. The lowest BCUT2D eigenvalue weighted by Gasteiger charge is -2.37. The third-order valence-electron chi connectivity index (χ3n) is 6.47. The molecule has 8 heteroatoms. The minimum absolute atomic E-state index is 0.0242. The molecule has 0 saturated heterocycles. The van der Waals surface area contributed by atoms with E-state index in [0.29, 0.717) is 4.88 Å². The number of aromatic nitrogens is 2. The lowest BCUT2D eigenvalue weighted by atomic mass is 9.71. The van der Waals surface area contributed by atoms with Gasteiger partial charge in [-0.05, 0) is 41.2 Å². The van der Waals surface area contributed by atoms with Crippen LogP contribution in [0.5, 0.6) is 0 Å². The Morgan fingerprint density at radius 1 is 1.26 bits per heavy atom. The summed E-state index contributed by atoms with van der Waals surface area (Å²) in [6.07, 6.45) is -2.82. The number of rotatable bonds is 3. The minimum atomic E-state index is -4.56. The Bertz CT molecular complexity index is 895. The Morgan fingerprint density at radius 3 is 2.56 bits per heavy atom. The number of hydrogen-bond acceptors (Lipinski definition) is 5. The van der Waals surface area contributed by atoms with Crippen molar-refractivity contribution in [2.45, 2.75) is 50.2 Å². The van der Waals surface area contributed by atoms with Gasteiger partial charge in [-0.3, -0.25) is 4.79 Å². The quantitative estimate of drug-likeness (QED) is 0.606. The van der Waals surface area contributed by atoms with E-state index in [4.69, 9.17) is 0 Å². The summed E-state index contributed by atoms with van der Waals surface area (Å²) in [5.74, 6) is 0.0833. The van der Waals surface area contributed by atoms with Gasteiger partial charge in [0.05, 0.1) is 15.8 Å². The van der Waals surface area contributed by atoms with Crippen LogP contribution in [-0.2, 0) is 11.0 Å². The number of nitrogens with zero attached hydrogens (tertiary/aromatic N) is 2. The molecule has 0 amide bonds. The SMILES string of the molecule is CC1(C)C2CCC1(C)C(Sc1nc(-c3cccs3)cc(C(F)(F)F)n1)C2=O. The highest BCUT2D eigenvalue weighted by Gasteiger charge is 2.66. The molecule has 2 saturated carbocycles. The standard InChI is InChI=1S/C19H19F3N2OS2/c1-17(2)10-6-7-18(17,3)15(14(10)25)27-16-23-11(12-5-4-8-26-12)9-13(24-16)19(20,21)22/h4-5,8-10,15H,6-7H2,1-3H3. The van der Waals surface area contributed by atoms with Crippen LogP contribution in [0.3, 0.4) is 0 Å². The number of carbonyl (C=O) groups excluding carboxylic acids is 1. The summed E-state index contributed by atoms with van der Waals surface area (Å²) in [5, 5.41) is 1.41. The number of ketones is 1. The van der Waals surface area contributed by atoms with E-state index >= 15 is 0 Å². The van der Waals surface area contributed by atoms with Crippen molar-refractivity contribution in [3.63, 3.8) is 0 Å². The number of thiophene rings is 1. The summed E-state index contributed by atoms with van der Waals surface area (Å²) < 4.78 is 40.1. The monoisotopic (exact) mass is 412 g/mol. The van der Waals surface area contributed by atoms with E-state index in [2.05, 4.69) is 30.7 Å². The average Bonchev–Trinajstić information content (AvgIpc) is 3.21. The summed E-state index contributed by atoms with van der Waals surface area (Å²) in [5.41, 5.74) is -1.15. The van der Waals surface area contributed by atoms with Gasteiger partial charge in [-0.25, -0.2) is 9.97 Å². The fraction of sp³-hybridized carbons (Fsp3) is 0.526. The van der Waals surface area contributed by atoms with Crippen molar-refractivity contribution in [1.29, 1.82) is 0 Å². The Hall–Kier alpha value is -1.41. The van der Waals surface area contributed by atoms with Gasteiger partial charge in [0.1, 0.15) is 11.5 Å². The van der Waals surface area contributed by atoms with Crippen molar-refractivity contribution >= 4 is 28.9 Å². The average molecular weight is 413 g/mol. The van der Waals surface area contributed by atoms with Crippen LogP contribution in [0, 0.1) is 16.7 Å². The van der Waals surface area contributed by atoms with Crippen LogP contribution in [0.2, 0.25) is 0 Å². The van der Waals surface area contributed by atoms with Crippen molar-refractivity contribution in [1.82, 2.24) is 9.97 Å². The van der Waals surface area contributed by atoms with Crippen molar-refractivity contribution < 1.29 is 18.0 Å². The second kappa shape index (κ2) is 6.04. The van der Waals surface area contributed by atoms with Crippen LogP contribution >= 0.6 is 23.1 Å². The van der Waals surface area contributed by atoms with E-state index in [1.165, 1.54) is 11.3 Å². The highest BCUT2D eigenvalue weighted by Crippen LogP contribution is 2.67. The maximum absolute atomic E-state index is 13.4. The maximum atomic E-state index is 13.4. The Balaban J connectivity index is 1.74. The first kappa shape index (κ1) is 18.9. The van der Waals surface area contributed by atoms with Gasteiger partial charge < -0.3 is 0 Å². The van der Waals surface area contributed by atoms with Gasteiger partial charge in [0, 0.05) is 5.92 Å². The van der Waals surface area contributed by atoms with Crippen molar-refractivity contribution in [3.05, 3.63) is 29.3 Å². The fourth-order valence-corrected chi connectivity index (χ4v) is 6.62. The minimum Gasteiger partial charge on any atom is -0.298 e. The lowest BCUT2D eigenvalue weighted by molar-refractivity contribution is -0.141. The summed E-state index contributed by atoms with van der Waals surface area (Å²) in [7, 11) is 0. The molecule has 0 aliphatic heterocycles. The third-order valence-corrected chi connectivity index (χ3v) is 8.74. The van der Waals surface area contributed by atoms with E-state index in [-0.39, 0.29) is 33.4 Å². The van der Waals surface area contributed by atoms with Gasteiger partial charge in [0.15, 0.2) is 5.16 Å². The van der Waals surface area contributed by atoms with E-state index < -0.39 is 17.1 Å². The van der Waals surface area contributed by atoms with Gasteiger partial charge in [-0.1, -0.05) is 38.6 Å². The summed E-state index contributed by atoms with van der Waals surface area (Å²) in [6.45, 7) is 6.25. The molecule has 2 heterocycles. The summed E-state index contributed by atoms with van der Waals surface area (Å²) in [6, 6.07) is 4.48. The summed E-state index contributed by atoms with van der Waals surface area (Å²) >= 11 is 2.42. The molecule has 2 aliphatic rings. The first-order valence-corrected chi connectivity index (χ1v) is 10.5. The van der Waals surface area contributed by atoms with E-state index in [1.54, 1.807) is 17.5 Å². The van der Waals surface area contributed by atoms with E-state index in [9.17, 15) is 18.0 Å². The summed E-state index contributed by atoms with van der Waals surface area (Å²) in [4.78, 5) is 21.7. The molecular weight excluding hydrogens is 393 g/mol. The van der Waals surface area contributed by atoms with Crippen LogP contribution < -0.4 is 0 Å². The number of hydrogen-bond donors (Lipinski definition) is 0. The molecule has 0 spiro atoms. The van der Waals surface area contributed by atoms with Gasteiger partial charge in [-0.2, -0.15) is 13.2 Å². The van der Waals surface area contributed by atoms with Gasteiger partial charge in [-0.15, -0.1) is 11.3 Å². The fourth-order valence-electron chi connectivity index (χ4n) is 4.46. The Morgan fingerprint density at radius 2 is 2.00 bits per heavy atom. The smallest absolute Gasteiger partial charge is 0.298 e. The van der Waals surface area contributed by atoms with Crippen LogP contribution in [0.25, 0.3) is 10.6 Å². The molecule has 4 rings (SSSR count). The van der Waals surface area contributed by atoms with Gasteiger partial charge in [0.2, 0.25) is 0 Å². The zero-order valence-electron chi connectivity index (χ0n) is 15.1. The number of alkyl halides is 3. The normalized spacial score (nSPS) is 29.5. The molecule has 3 nitrogen and oxygen atoms in total. The predicted octanol–water partition coefficient (Wildman–Crippen LogP) is 5.71. The van der Waals surface area contributed by atoms with Crippen LogP contribution in [0.4, 0.5) is 13.2 Å². The molecule has 2 aromatic heterocycles. The molecular formula is C19H19F3N2OS2. The molecule has 2 aliphatic carbocycles. The predicted molar refractivity (Wildman–Crippen MR) is 99.6 cm³/mol. The van der Waals surface area contributed by atoms with Gasteiger partial charge >= 0.3 is 6.18 Å². The molecule has 2 aromatic rings. The van der Waals surface area contributed by atoms with Crippen LogP contribution in [-0.4, -0.2) is 21.0 Å². The Kier molecular flexibility index (Phi) is 4.24. The third kappa shape index (κ3) is 2.83. The number of halogens is 3. The molecule has 27 heavy (non-hydrogen) atoms. The van der Waals surface area contributed by atoms with Crippen LogP contribution in [0.1, 0.15) is 39.3 Å². The van der Waals surface area contributed by atoms with Crippen molar-refractivity contribution in [3.8, 4) is 10.6 Å². The van der Waals surface area contributed by atoms with E-state index in [1.807, 2.05) is 0 Å². The lowest BCUT2D eigenvalue weighted by Crippen LogP contribution is -2.35. The zero-order chi connectivity index (χ0) is 19.6. The molecule has 0 N–H and O–H groups in total. The van der Waals surface area contributed by atoms with Gasteiger partial charge in [0.25, 0.3) is 0 Å². The highest BCUT2D eigenvalue weighted by molar-refractivity contribution is 8.00. The first-order valence-electron chi connectivity index (χ1n) is 8.74. The first-order chi connectivity index (χ1) is 12.5.